The van der Waals surface area contributed by atoms with Crippen LogP contribution in [-0.4, -0.2) is 29.9 Å². The van der Waals surface area contributed by atoms with E-state index < -0.39 is 6.67 Å². The van der Waals surface area contributed by atoms with Gasteiger partial charge in [0.15, 0.2) is 5.82 Å². The molecule has 1 aliphatic rings. The third-order valence-corrected chi connectivity index (χ3v) is 1.94. The lowest BCUT2D eigenvalue weighted by molar-refractivity contribution is 0.344. The largest absolute Gasteiger partial charge is 0.339 e. The lowest BCUT2D eigenvalue weighted by atomic mass is 10.0. The normalized spacial score (nSPS) is 17.8. The summed E-state index contributed by atoms with van der Waals surface area (Å²) >= 11 is 0. The number of hydrogen-bond donors (Lipinski definition) is 1. The molecule has 12 heavy (non-hydrogen) atoms. The van der Waals surface area contributed by atoms with Gasteiger partial charge in [-0.05, 0) is 0 Å². The molecule has 1 aromatic heterocycles. The van der Waals surface area contributed by atoms with Gasteiger partial charge in [0.25, 0.3) is 0 Å². The molecule has 0 aromatic carbocycles. The van der Waals surface area contributed by atoms with Gasteiger partial charge in [0, 0.05) is 19.0 Å². The molecule has 2 heterocycles. The lowest BCUT2D eigenvalue weighted by Crippen LogP contribution is -2.40. The van der Waals surface area contributed by atoms with E-state index >= 15 is 0 Å². The predicted molar refractivity (Wildman–Crippen MR) is 39.6 cm³/mol. The SMILES string of the molecule is FCCc1nc(C2CNC2)no1. The number of aryl methyl sites for hydroxylation is 1. The third-order valence-electron chi connectivity index (χ3n) is 1.94. The van der Waals surface area contributed by atoms with Crippen molar-refractivity contribution in [2.24, 2.45) is 0 Å². The van der Waals surface area contributed by atoms with Crippen LogP contribution in [0.3, 0.4) is 0 Å². The Morgan fingerprint density at radius 2 is 2.42 bits per heavy atom. The molecule has 0 atom stereocenters. The highest BCUT2D eigenvalue weighted by atomic mass is 19.1. The smallest absolute Gasteiger partial charge is 0.229 e. The molecule has 0 unspecified atom stereocenters. The average Bonchev–Trinajstić information content (AvgIpc) is 2.34. The Morgan fingerprint density at radius 3 is 3.00 bits per heavy atom. The summed E-state index contributed by atoms with van der Waals surface area (Å²) in [6.07, 6.45) is 0.229. The molecule has 1 saturated heterocycles. The first-order valence-electron chi connectivity index (χ1n) is 3.99. The Labute approximate surface area is 69.2 Å². The summed E-state index contributed by atoms with van der Waals surface area (Å²) in [5.41, 5.74) is 0. The fourth-order valence-corrected chi connectivity index (χ4v) is 1.09. The Morgan fingerprint density at radius 1 is 1.58 bits per heavy atom. The van der Waals surface area contributed by atoms with Crippen LogP contribution in [0.1, 0.15) is 17.6 Å². The highest BCUT2D eigenvalue weighted by Crippen LogP contribution is 2.15. The van der Waals surface area contributed by atoms with Crippen molar-refractivity contribution in [3.05, 3.63) is 11.7 Å². The van der Waals surface area contributed by atoms with Crippen molar-refractivity contribution in [2.45, 2.75) is 12.3 Å². The highest BCUT2D eigenvalue weighted by Gasteiger charge is 2.23. The van der Waals surface area contributed by atoms with E-state index in [-0.39, 0.29) is 6.42 Å². The Hall–Kier alpha value is -0.970. The second-order valence-corrected chi connectivity index (χ2v) is 2.84. The van der Waals surface area contributed by atoms with Gasteiger partial charge < -0.3 is 9.84 Å². The summed E-state index contributed by atoms with van der Waals surface area (Å²) in [6.45, 7) is 1.35. The van der Waals surface area contributed by atoms with Gasteiger partial charge in [0.2, 0.25) is 5.89 Å². The molecule has 0 bridgehead atoms. The maximum absolute atomic E-state index is 11.8. The molecule has 1 aromatic rings. The van der Waals surface area contributed by atoms with Crippen LogP contribution in [0.4, 0.5) is 4.39 Å². The summed E-state index contributed by atoms with van der Waals surface area (Å²) in [6, 6.07) is 0. The second-order valence-electron chi connectivity index (χ2n) is 2.84. The number of rotatable bonds is 3. The molecule has 1 aliphatic heterocycles. The topological polar surface area (TPSA) is 51.0 Å². The maximum Gasteiger partial charge on any atom is 0.229 e. The summed E-state index contributed by atoms with van der Waals surface area (Å²) in [4.78, 5) is 4.06. The van der Waals surface area contributed by atoms with Gasteiger partial charge in [0.05, 0.1) is 13.1 Å². The fraction of sp³-hybridized carbons (Fsp3) is 0.714. The molecule has 1 fully saturated rings. The number of alkyl halides is 1. The zero-order valence-corrected chi connectivity index (χ0v) is 6.59. The van der Waals surface area contributed by atoms with Gasteiger partial charge in [-0.15, -0.1) is 0 Å². The molecule has 66 valence electrons. The van der Waals surface area contributed by atoms with Crippen LogP contribution in [0.15, 0.2) is 4.52 Å². The molecular formula is C7H10FN3O. The van der Waals surface area contributed by atoms with E-state index in [1.165, 1.54) is 0 Å². The van der Waals surface area contributed by atoms with E-state index in [4.69, 9.17) is 4.52 Å². The number of nitrogens with zero attached hydrogens (tertiary/aromatic N) is 2. The molecular weight excluding hydrogens is 161 g/mol. The lowest BCUT2D eigenvalue weighted by Gasteiger charge is -2.23. The van der Waals surface area contributed by atoms with Crippen molar-refractivity contribution >= 4 is 0 Å². The highest BCUT2D eigenvalue weighted by molar-refractivity contribution is 5.02. The summed E-state index contributed by atoms with van der Waals surface area (Å²) in [5, 5.41) is 6.87. The van der Waals surface area contributed by atoms with Crippen LogP contribution < -0.4 is 5.32 Å². The molecule has 0 radical (unpaired) electrons. The van der Waals surface area contributed by atoms with E-state index in [2.05, 4.69) is 15.5 Å². The summed E-state index contributed by atoms with van der Waals surface area (Å²) in [5.74, 6) is 1.47. The van der Waals surface area contributed by atoms with Gasteiger partial charge >= 0.3 is 0 Å². The minimum Gasteiger partial charge on any atom is -0.339 e. The zero-order chi connectivity index (χ0) is 8.39. The summed E-state index contributed by atoms with van der Waals surface area (Å²) < 4.78 is 16.7. The van der Waals surface area contributed by atoms with E-state index in [9.17, 15) is 4.39 Å². The number of hydrogen-bond acceptors (Lipinski definition) is 4. The van der Waals surface area contributed by atoms with E-state index in [1.54, 1.807) is 0 Å². The second kappa shape index (κ2) is 3.18. The van der Waals surface area contributed by atoms with Crippen molar-refractivity contribution in [1.29, 1.82) is 0 Å². The van der Waals surface area contributed by atoms with Crippen LogP contribution in [-0.2, 0) is 6.42 Å². The first-order chi connectivity index (χ1) is 5.90. The van der Waals surface area contributed by atoms with Gasteiger partial charge in [-0.1, -0.05) is 5.16 Å². The van der Waals surface area contributed by atoms with Crippen LogP contribution >= 0.6 is 0 Å². The number of aromatic nitrogens is 2. The predicted octanol–water partition coefficient (Wildman–Crippen LogP) is 0.268. The minimum absolute atomic E-state index is 0.229. The molecule has 0 spiro atoms. The third kappa shape index (κ3) is 1.32. The number of halogens is 1. The van der Waals surface area contributed by atoms with Gasteiger partial charge in [-0.3, -0.25) is 4.39 Å². The first kappa shape index (κ1) is 7.67. The Bertz CT molecular complexity index is 259. The summed E-state index contributed by atoms with van der Waals surface area (Å²) in [7, 11) is 0. The maximum atomic E-state index is 11.8. The first-order valence-corrected chi connectivity index (χ1v) is 3.99. The van der Waals surface area contributed by atoms with Gasteiger partial charge in [-0.2, -0.15) is 4.98 Å². The van der Waals surface area contributed by atoms with Crippen molar-refractivity contribution in [3.63, 3.8) is 0 Å². The Kier molecular flexibility index (Phi) is 2.03. The van der Waals surface area contributed by atoms with Crippen molar-refractivity contribution in [1.82, 2.24) is 15.5 Å². The average molecular weight is 171 g/mol. The van der Waals surface area contributed by atoms with Crippen LogP contribution in [0, 0.1) is 0 Å². The van der Waals surface area contributed by atoms with E-state index in [0.717, 1.165) is 13.1 Å². The zero-order valence-electron chi connectivity index (χ0n) is 6.59. The van der Waals surface area contributed by atoms with Gasteiger partial charge in [-0.25, -0.2) is 0 Å². The monoisotopic (exact) mass is 171 g/mol. The minimum atomic E-state index is -0.440. The molecule has 5 heteroatoms. The molecule has 0 saturated carbocycles. The standard InChI is InChI=1S/C7H10FN3O/c8-2-1-6-10-7(11-12-6)5-3-9-4-5/h5,9H,1-4H2. The Balaban J connectivity index is 2.02. The van der Waals surface area contributed by atoms with Crippen LogP contribution in [0.5, 0.6) is 0 Å². The fourth-order valence-electron chi connectivity index (χ4n) is 1.09. The van der Waals surface area contributed by atoms with E-state index in [0.29, 0.717) is 17.6 Å². The van der Waals surface area contributed by atoms with Gasteiger partial charge in [0.1, 0.15) is 0 Å². The number of nitrogens with one attached hydrogen (secondary N) is 1. The molecule has 1 N–H and O–H groups in total. The van der Waals surface area contributed by atoms with Crippen molar-refractivity contribution in [2.75, 3.05) is 19.8 Å². The van der Waals surface area contributed by atoms with Crippen molar-refractivity contribution in [3.8, 4) is 0 Å². The molecule has 2 rings (SSSR count). The van der Waals surface area contributed by atoms with Crippen LogP contribution in [0.25, 0.3) is 0 Å². The van der Waals surface area contributed by atoms with E-state index in [1.807, 2.05) is 0 Å². The molecule has 0 amide bonds. The quantitative estimate of drug-likeness (QED) is 0.709. The molecule has 0 aliphatic carbocycles. The van der Waals surface area contributed by atoms with Crippen molar-refractivity contribution < 1.29 is 8.91 Å². The molecule has 4 nitrogen and oxygen atoms in total. The van der Waals surface area contributed by atoms with Crippen LogP contribution in [0.2, 0.25) is 0 Å².